The summed E-state index contributed by atoms with van der Waals surface area (Å²) in [6.45, 7) is 2.21. The van der Waals surface area contributed by atoms with Crippen LogP contribution in [0.1, 0.15) is 25.5 Å². The first-order chi connectivity index (χ1) is 6.79. The van der Waals surface area contributed by atoms with E-state index in [1.165, 1.54) is 29.4 Å². The summed E-state index contributed by atoms with van der Waals surface area (Å²) in [6, 6.07) is 8.19. The highest BCUT2D eigenvalue weighted by atomic mass is 14.7. The van der Waals surface area contributed by atoms with Crippen LogP contribution in [0.5, 0.6) is 0 Å². The second-order valence-corrected chi connectivity index (χ2v) is 3.74. The van der Waals surface area contributed by atoms with E-state index in [1.54, 1.807) is 0 Å². The highest BCUT2D eigenvalue weighted by molar-refractivity contribution is 5.83. The Morgan fingerprint density at radius 1 is 1.29 bits per heavy atom. The van der Waals surface area contributed by atoms with Crippen molar-refractivity contribution < 1.29 is 0 Å². The maximum atomic E-state index is 5.72. The molecule has 1 aromatic heterocycles. The molecule has 2 heteroatoms. The molecule has 0 fully saturated rings. The van der Waals surface area contributed by atoms with Crippen LogP contribution in [0, 0.1) is 0 Å². The third-order valence-electron chi connectivity index (χ3n) is 2.50. The van der Waals surface area contributed by atoms with Gasteiger partial charge < -0.3 is 10.7 Å². The summed E-state index contributed by atoms with van der Waals surface area (Å²) >= 11 is 0. The Morgan fingerprint density at radius 3 is 2.93 bits per heavy atom. The van der Waals surface area contributed by atoms with Crippen molar-refractivity contribution in [1.29, 1.82) is 0 Å². The summed E-state index contributed by atoms with van der Waals surface area (Å²) in [4.78, 5) is 3.40. The molecule has 74 valence electrons. The van der Waals surface area contributed by atoms with Crippen molar-refractivity contribution >= 4 is 16.6 Å². The van der Waals surface area contributed by atoms with Gasteiger partial charge in [-0.3, -0.25) is 0 Å². The molecule has 0 aliphatic carbocycles. The van der Waals surface area contributed by atoms with Crippen molar-refractivity contribution in [2.75, 3.05) is 5.73 Å². The molecule has 2 nitrogen and oxygen atoms in total. The molecule has 1 heterocycles. The van der Waals surface area contributed by atoms with E-state index in [0.717, 1.165) is 12.1 Å². The van der Waals surface area contributed by atoms with Gasteiger partial charge in [0.2, 0.25) is 0 Å². The monoisotopic (exact) mass is 188 g/mol. The Bertz CT molecular complexity index is 429. The summed E-state index contributed by atoms with van der Waals surface area (Å²) < 4.78 is 0. The standard InChI is InChI=1S/C12H16N2/c1-2-3-4-11-8-9-7-10(13)5-6-12(9)14-11/h5-8,14H,2-4,13H2,1H3. The van der Waals surface area contributed by atoms with E-state index in [0.29, 0.717) is 0 Å². The number of aryl methyl sites for hydroxylation is 1. The quantitative estimate of drug-likeness (QED) is 0.714. The first-order valence-corrected chi connectivity index (χ1v) is 5.16. The topological polar surface area (TPSA) is 41.8 Å². The largest absolute Gasteiger partial charge is 0.399 e. The number of rotatable bonds is 3. The number of aromatic nitrogens is 1. The van der Waals surface area contributed by atoms with Gasteiger partial charge in [0, 0.05) is 22.3 Å². The number of nitrogens with two attached hydrogens (primary N) is 1. The zero-order valence-electron chi connectivity index (χ0n) is 8.51. The van der Waals surface area contributed by atoms with Crippen LogP contribution in [-0.2, 0) is 6.42 Å². The van der Waals surface area contributed by atoms with E-state index in [1.807, 2.05) is 18.2 Å². The molecule has 0 bridgehead atoms. The van der Waals surface area contributed by atoms with Crippen molar-refractivity contribution in [1.82, 2.24) is 4.98 Å². The second kappa shape index (κ2) is 3.74. The minimum atomic E-state index is 0.832. The fraction of sp³-hybridized carbons (Fsp3) is 0.333. The zero-order valence-corrected chi connectivity index (χ0v) is 8.51. The van der Waals surface area contributed by atoms with Crippen LogP contribution >= 0.6 is 0 Å². The molecule has 0 unspecified atom stereocenters. The Kier molecular flexibility index (Phi) is 2.44. The lowest BCUT2D eigenvalue weighted by molar-refractivity contribution is 0.782. The highest BCUT2D eigenvalue weighted by Crippen LogP contribution is 2.19. The molecule has 3 N–H and O–H groups in total. The second-order valence-electron chi connectivity index (χ2n) is 3.74. The summed E-state index contributed by atoms with van der Waals surface area (Å²) in [5.74, 6) is 0. The van der Waals surface area contributed by atoms with E-state index in [-0.39, 0.29) is 0 Å². The minimum Gasteiger partial charge on any atom is -0.399 e. The average Bonchev–Trinajstić information content (AvgIpc) is 2.56. The molecule has 0 saturated heterocycles. The number of benzene rings is 1. The number of aromatic amines is 1. The third kappa shape index (κ3) is 1.74. The van der Waals surface area contributed by atoms with E-state index < -0.39 is 0 Å². The summed E-state index contributed by atoms with van der Waals surface area (Å²) in [5.41, 5.74) is 9.05. The van der Waals surface area contributed by atoms with Gasteiger partial charge in [-0.05, 0) is 37.1 Å². The fourth-order valence-electron chi connectivity index (χ4n) is 1.71. The van der Waals surface area contributed by atoms with Crippen LogP contribution in [0.15, 0.2) is 24.3 Å². The van der Waals surface area contributed by atoms with E-state index >= 15 is 0 Å². The Labute approximate surface area is 84.1 Å². The molecule has 0 aliphatic rings. The Balaban J connectivity index is 2.32. The summed E-state index contributed by atoms with van der Waals surface area (Å²) in [6.07, 6.45) is 3.60. The number of fused-ring (bicyclic) bond motifs is 1. The van der Waals surface area contributed by atoms with Crippen LogP contribution in [0.4, 0.5) is 5.69 Å². The van der Waals surface area contributed by atoms with Gasteiger partial charge in [0.05, 0.1) is 0 Å². The Morgan fingerprint density at radius 2 is 2.14 bits per heavy atom. The predicted molar refractivity (Wildman–Crippen MR) is 61.3 cm³/mol. The maximum absolute atomic E-state index is 5.72. The number of nitrogen functional groups attached to an aromatic ring is 1. The number of H-pyrrole nitrogens is 1. The molecule has 14 heavy (non-hydrogen) atoms. The van der Waals surface area contributed by atoms with Gasteiger partial charge in [0.15, 0.2) is 0 Å². The maximum Gasteiger partial charge on any atom is 0.0457 e. The molecular weight excluding hydrogens is 172 g/mol. The highest BCUT2D eigenvalue weighted by Gasteiger charge is 2.00. The minimum absolute atomic E-state index is 0.832. The van der Waals surface area contributed by atoms with Gasteiger partial charge in [0.1, 0.15) is 0 Å². The first-order valence-electron chi connectivity index (χ1n) is 5.16. The van der Waals surface area contributed by atoms with Crippen molar-refractivity contribution in [3.05, 3.63) is 30.0 Å². The molecule has 2 aromatic rings. The molecular formula is C12H16N2. The predicted octanol–water partition coefficient (Wildman–Crippen LogP) is 3.09. The van der Waals surface area contributed by atoms with E-state index in [9.17, 15) is 0 Å². The lowest BCUT2D eigenvalue weighted by Crippen LogP contribution is -1.82. The zero-order chi connectivity index (χ0) is 9.97. The molecule has 0 aliphatic heterocycles. The van der Waals surface area contributed by atoms with Gasteiger partial charge in [-0.2, -0.15) is 0 Å². The van der Waals surface area contributed by atoms with Crippen molar-refractivity contribution in [3.8, 4) is 0 Å². The summed E-state index contributed by atoms with van der Waals surface area (Å²) in [5, 5.41) is 1.22. The lowest BCUT2D eigenvalue weighted by atomic mass is 10.2. The molecule has 0 amide bonds. The molecule has 0 radical (unpaired) electrons. The lowest BCUT2D eigenvalue weighted by Gasteiger charge is -1.92. The molecule has 0 saturated carbocycles. The molecule has 0 atom stereocenters. The SMILES string of the molecule is CCCCc1cc2cc(N)ccc2[nH]1. The third-order valence-corrected chi connectivity index (χ3v) is 2.50. The van der Waals surface area contributed by atoms with Crippen molar-refractivity contribution in [2.45, 2.75) is 26.2 Å². The van der Waals surface area contributed by atoms with Crippen LogP contribution in [-0.4, -0.2) is 4.98 Å². The number of unbranched alkanes of at least 4 members (excludes halogenated alkanes) is 1. The van der Waals surface area contributed by atoms with Crippen LogP contribution in [0.25, 0.3) is 10.9 Å². The van der Waals surface area contributed by atoms with Crippen molar-refractivity contribution in [2.24, 2.45) is 0 Å². The first kappa shape index (κ1) is 9.13. The average molecular weight is 188 g/mol. The van der Waals surface area contributed by atoms with Gasteiger partial charge in [-0.25, -0.2) is 0 Å². The molecule has 2 rings (SSSR count). The summed E-state index contributed by atoms with van der Waals surface area (Å²) in [7, 11) is 0. The van der Waals surface area contributed by atoms with Crippen molar-refractivity contribution in [3.63, 3.8) is 0 Å². The molecule has 1 aromatic carbocycles. The van der Waals surface area contributed by atoms with E-state index in [4.69, 9.17) is 5.73 Å². The number of hydrogen-bond acceptors (Lipinski definition) is 1. The fourth-order valence-corrected chi connectivity index (χ4v) is 1.71. The number of hydrogen-bond donors (Lipinski definition) is 2. The van der Waals surface area contributed by atoms with Gasteiger partial charge in [0.25, 0.3) is 0 Å². The smallest absolute Gasteiger partial charge is 0.0457 e. The number of nitrogens with one attached hydrogen (secondary N) is 1. The normalized spacial score (nSPS) is 10.9. The van der Waals surface area contributed by atoms with Gasteiger partial charge in [-0.1, -0.05) is 13.3 Å². The molecule has 0 spiro atoms. The van der Waals surface area contributed by atoms with Crippen LogP contribution in [0.3, 0.4) is 0 Å². The van der Waals surface area contributed by atoms with Gasteiger partial charge >= 0.3 is 0 Å². The van der Waals surface area contributed by atoms with Crippen LogP contribution < -0.4 is 5.73 Å². The Hall–Kier alpha value is -1.44. The van der Waals surface area contributed by atoms with Crippen LogP contribution in [0.2, 0.25) is 0 Å². The number of anilines is 1. The van der Waals surface area contributed by atoms with E-state index in [2.05, 4.69) is 18.0 Å². The van der Waals surface area contributed by atoms with Gasteiger partial charge in [-0.15, -0.1) is 0 Å².